The van der Waals surface area contributed by atoms with Crippen LogP contribution in [0.1, 0.15) is 39.1 Å². The largest absolute Gasteiger partial charge is 0.478 e. The number of aryl methyl sites for hydroxylation is 1. The molecule has 124 valence electrons. The Labute approximate surface area is 139 Å². The Kier molecular flexibility index (Phi) is 4.34. The Hall–Kier alpha value is -2.69. The van der Waals surface area contributed by atoms with Gasteiger partial charge in [-0.3, -0.25) is 4.79 Å². The number of carbonyl (C=O) groups excluding carboxylic acids is 1. The van der Waals surface area contributed by atoms with Crippen LogP contribution in [0.5, 0.6) is 0 Å². The fraction of sp³-hybridized carbons (Fsp3) is 0.263. The van der Waals surface area contributed by atoms with E-state index in [9.17, 15) is 14.0 Å². The molecule has 0 bridgehead atoms. The Bertz CT molecular complexity index is 782. The number of nitrogens with zero attached hydrogens (tertiary/aromatic N) is 1. The summed E-state index contributed by atoms with van der Waals surface area (Å²) < 4.78 is 14.6. The average Bonchev–Trinajstić information content (AvgIpc) is 3.37. The normalized spacial score (nSPS) is 13.6. The van der Waals surface area contributed by atoms with Gasteiger partial charge in [-0.25, -0.2) is 9.18 Å². The van der Waals surface area contributed by atoms with E-state index in [-0.39, 0.29) is 11.6 Å². The molecule has 0 saturated heterocycles. The van der Waals surface area contributed by atoms with E-state index in [1.807, 2.05) is 19.1 Å². The molecule has 24 heavy (non-hydrogen) atoms. The van der Waals surface area contributed by atoms with Crippen LogP contribution in [0.4, 0.5) is 10.1 Å². The lowest BCUT2D eigenvalue weighted by atomic mass is 10.1. The summed E-state index contributed by atoms with van der Waals surface area (Å²) in [6.07, 6.45) is 2.00. The molecule has 0 aliphatic heterocycles. The number of carboxylic acids is 1. The van der Waals surface area contributed by atoms with Crippen LogP contribution in [0.15, 0.2) is 42.5 Å². The van der Waals surface area contributed by atoms with Crippen LogP contribution in [0.25, 0.3) is 0 Å². The van der Waals surface area contributed by atoms with Gasteiger partial charge in [0.05, 0.1) is 11.3 Å². The first kappa shape index (κ1) is 16.2. The lowest BCUT2D eigenvalue weighted by Crippen LogP contribution is -2.34. The van der Waals surface area contributed by atoms with Crippen molar-refractivity contribution in [3.63, 3.8) is 0 Å². The Morgan fingerprint density at radius 2 is 1.83 bits per heavy atom. The second-order valence-corrected chi connectivity index (χ2v) is 6.17. The highest BCUT2D eigenvalue weighted by atomic mass is 19.1. The average molecular weight is 327 g/mol. The highest BCUT2D eigenvalue weighted by Crippen LogP contribution is 2.33. The lowest BCUT2D eigenvalue weighted by Gasteiger charge is -2.24. The Morgan fingerprint density at radius 3 is 2.42 bits per heavy atom. The predicted octanol–water partition coefficient (Wildman–Crippen LogP) is 3.89. The van der Waals surface area contributed by atoms with E-state index in [0.29, 0.717) is 18.0 Å². The number of benzene rings is 2. The topological polar surface area (TPSA) is 57.6 Å². The number of carboxylic acid groups (broad SMARTS) is 1. The molecular formula is C19H18FNO3. The molecule has 1 aliphatic rings. The van der Waals surface area contributed by atoms with Gasteiger partial charge >= 0.3 is 5.97 Å². The van der Waals surface area contributed by atoms with E-state index >= 15 is 0 Å². The van der Waals surface area contributed by atoms with E-state index in [1.54, 1.807) is 12.1 Å². The van der Waals surface area contributed by atoms with Gasteiger partial charge < -0.3 is 10.0 Å². The molecule has 5 heteroatoms. The standard InChI is InChI=1S/C19H18FNO3/c1-12-5-9-14(10-6-12)18(22)21(11-13-7-8-13)16-4-2-3-15(17(16)20)19(23)24/h2-6,9-10,13H,7-8,11H2,1H3,(H,23,24). The van der Waals surface area contributed by atoms with Gasteiger partial charge in [0.15, 0.2) is 5.82 Å². The van der Waals surface area contributed by atoms with Gasteiger partial charge in [-0.15, -0.1) is 0 Å². The molecule has 2 aromatic rings. The summed E-state index contributed by atoms with van der Waals surface area (Å²) in [5.74, 6) is -2.19. The van der Waals surface area contributed by atoms with Crippen LogP contribution in [0, 0.1) is 18.7 Å². The van der Waals surface area contributed by atoms with E-state index in [0.717, 1.165) is 18.4 Å². The second kappa shape index (κ2) is 6.43. The van der Waals surface area contributed by atoms with Crippen LogP contribution < -0.4 is 4.90 Å². The molecule has 0 aromatic heterocycles. The van der Waals surface area contributed by atoms with Gasteiger partial charge in [0.2, 0.25) is 0 Å². The van der Waals surface area contributed by atoms with Crippen molar-refractivity contribution in [3.05, 3.63) is 65.0 Å². The first-order valence-electron chi connectivity index (χ1n) is 7.87. The van der Waals surface area contributed by atoms with E-state index in [1.165, 1.54) is 23.1 Å². The van der Waals surface area contributed by atoms with Crippen molar-refractivity contribution in [3.8, 4) is 0 Å². The third kappa shape index (κ3) is 3.30. The minimum Gasteiger partial charge on any atom is -0.478 e. The smallest absolute Gasteiger partial charge is 0.338 e. The molecule has 3 rings (SSSR count). The predicted molar refractivity (Wildman–Crippen MR) is 88.9 cm³/mol. The molecule has 1 fully saturated rings. The summed E-state index contributed by atoms with van der Waals surface area (Å²) >= 11 is 0. The number of carbonyl (C=O) groups is 2. The molecule has 0 unspecified atom stereocenters. The summed E-state index contributed by atoms with van der Waals surface area (Å²) in [7, 11) is 0. The van der Waals surface area contributed by atoms with Crippen molar-refractivity contribution in [2.75, 3.05) is 11.4 Å². The number of aromatic carboxylic acids is 1. The zero-order valence-electron chi connectivity index (χ0n) is 13.3. The molecule has 1 amide bonds. The monoisotopic (exact) mass is 327 g/mol. The Balaban J connectivity index is 2.00. The summed E-state index contributed by atoms with van der Waals surface area (Å²) in [4.78, 5) is 25.4. The molecule has 0 spiro atoms. The van der Waals surface area contributed by atoms with Crippen LogP contribution in [-0.4, -0.2) is 23.5 Å². The number of amides is 1. The van der Waals surface area contributed by atoms with Crippen LogP contribution >= 0.6 is 0 Å². The minimum atomic E-state index is -1.34. The summed E-state index contributed by atoms with van der Waals surface area (Å²) in [5, 5.41) is 9.11. The van der Waals surface area contributed by atoms with Crippen molar-refractivity contribution in [2.45, 2.75) is 19.8 Å². The number of halogens is 1. The van der Waals surface area contributed by atoms with Gasteiger partial charge in [-0.2, -0.15) is 0 Å². The molecule has 1 saturated carbocycles. The highest BCUT2D eigenvalue weighted by molar-refractivity contribution is 6.06. The summed E-state index contributed by atoms with van der Waals surface area (Å²) in [5.41, 5.74) is 1.08. The molecule has 2 aromatic carbocycles. The number of rotatable bonds is 5. The molecule has 1 N–H and O–H groups in total. The van der Waals surface area contributed by atoms with Crippen molar-refractivity contribution in [1.82, 2.24) is 0 Å². The minimum absolute atomic E-state index is 0.0207. The van der Waals surface area contributed by atoms with E-state index < -0.39 is 17.3 Å². The Morgan fingerprint density at radius 1 is 1.17 bits per heavy atom. The SMILES string of the molecule is Cc1ccc(C(=O)N(CC2CC2)c2cccc(C(=O)O)c2F)cc1. The number of anilines is 1. The fourth-order valence-electron chi connectivity index (χ4n) is 2.59. The summed E-state index contributed by atoms with van der Waals surface area (Å²) in [6, 6.07) is 11.2. The maximum absolute atomic E-state index is 14.6. The van der Waals surface area contributed by atoms with E-state index in [4.69, 9.17) is 5.11 Å². The van der Waals surface area contributed by atoms with Crippen molar-refractivity contribution in [2.24, 2.45) is 5.92 Å². The number of hydrogen-bond acceptors (Lipinski definition) is 2. The highest BCUT2D eigenvalue weighted by Gasteiger charge is 2.30. The van der Waals surface area contributed by atoms with Gasteiger partial charge in [-0.1, -0.05) is 23.8 Å². The van der Waals surface area contributed by atoms with Crippen LogP contribution in [0.3, 0.4) is 0 Å². The third-order valence-corrected chi connectivity index (χ3v) is 4.18. The van der Waals surface area contributed by atoms with Crippen LogP contribution in [-0.2, 0) is 0 Å². The van der Waals surface area contributed by atoms with Gasteiger partial charge in [0.25, 0.3) is 5.91 Å². The zero-order valence-corrected chi connectivity index (χ0v) is 13.3. The van der Waals surface area contributed by atoms with Crippen molar-refractivity contribution in [1.29, 1.82) is 0 Å². The molecule has 1 aliphatic carbocycles. The van der Waals surface area contributed by atoms with Crippen molar-refractivity contribution >= 4 is 17.6 Å². The number of hydrogen-bond donors (Lipinski definition) is 1. The first-order valence-corrected chi connectivity index (χ1v) is 7.87. The molecule has 4 nitrogen and oxygen atoms in total. The molecular weight excluding hydrogens is 309 g/mol. The fourth-order valence-corrected chi connectivity index (χ4v) is 2.59. The molecule has 0 atom stereocenters. The van der Waals surface area contributed by atoms with Gasteiger partial charge in [0.1, 0.15) is 0 Å². The van der Waals surface area contributed by atoms with E-state index in [2.05, 4.69) is 0 Å². The lowest BCUT2D eigenvalue weighted by molar-refractivity contribution is 0.0691. The maximum Gasteiger partial charge on any atom is 0.338 e. The first-order chi connectivity index (χ1) is 11.5. The quantitative estimate of drug-likeness (QED) is 0.906. The van der Waals surface area contributed by atoms with Crippen LogP contribution in [0.2, 0.25) is 0 Å². The molecule has 0 heterocycles. The summed E-state index contributed by atoms with van der Waals surface area (Å²) in [6.45, 7) is 2.32. The van der Waals surface area contributed by atoms with Gasteiger partial charge in [0, 0.05) is 12.1 Å². The second-order valence-electron chi connectivity index (χ2n) is 6.17. The maximum atomic E-state index is 14.6. The third-order valence-electron chi connectivity index (χ3n) is 4.18. The van der Waals surface area contributed by atoms with Crippen molar-refractivity contribution < 1.29 is 19.1 Å². The van der Waals surface area contributed by atoms with Gasteiger partial charge in [-0.05, 0) is 49.9 Å². The molecule has 0 radical (unpaired) electrons. The zero-order chi connectivity index (χ0) is 17.3.